The number of aromatic nitrogens is 1. The van der Waals surface area contributed by atoms with Crippen molar-refractivity contribution in [2.45, 2.75) is 20.5 Å². The Labute approximate surface area is 121 Å². The summed E-state index contributed by atoms with van der Waals surface area (Å²) in [7, 11) is 0. The van der Waals surface area contributed by atoms with Crippen LogP contribution in [0.5, 0.6) is 5.88 Å². The summed E-state index contributed by atoms with van der Waals surface area (Å²) >= 11 is 0. The first-order valence-electron chi connectivity index (χ1n) is 6.36. The Kier molecular flexibility index (Phi) is 4.27. The Bertz CT molecular complexity index is 720. The van der Waals surface area contributed by atoms with E-state index < -0.39 is 11.4 Å². The molecule has 0 radical (unpaired) electrons. The summed E-state index contributed by atoms with van der Waals surface area (Å²) < 4.78 is 0.179. The molecule has 6 heteroatoms. The van der Waals surface area contributed by atoms with Crippen molar-refractivity contribution in [2.24, 2.45) is 5.16 Å². The van der Waals surface area contributed by atoms with Gasteiger partial charge in [-0.2, -0.15) is 0 Å². The number of oxime groups is 1. The molecule has 0 fully saturated rings. The minimum absolute atomic E-state index is 0.179. The lowest BCUT2D eigenvalue weighted by molar-refractivity contribution is 0.129. The fraction of sp³-hybridized carbons (Fsp3) is 0.200. The second-order valence-corrected chi connectivity index (χ2v) is 4.61. The molecule has 110 valence electrons. The second kappa shape index (κ2) is 6.13. The van der Waals surface area contributed by atoms with Crippen molar-refractivity contribution in [2.75, 3.05) is 0 Å². The Balaban J connectivity index is 2.20. The molecule has 0 atom stereocenters. The van der Waals surface area contributed by atoms with Crippen LogP contribution < -0.4 is 5.56 Å². The Morgan fingerprint density at radius 1 is 1.33 bits per heavy atom. The van der Waals surface area contributed by atoms with Gasteiger partial charge in [-0.3, -0.25) is 4.79 Å². The molecular weight excluding hydrogens is 272 g/mol. The molecule has 0 saturated carbocycles. The maximum Gasteiger partial charge on any atom is 0.286 e. The normalized spacial score (nSPS) is 11.4. The molecule has 6 nitrogen and oxygen atoms in total. The molecule has 1 heterocycles. The molecule has 1 aromatic carbocycles. The molecule has 0 amide bonds. The molecule has 0 unspecified atom stereocenters. The van der Waals surface area contributed by atoms with Crippen LogP contribution in [-0.2, 0) is 11.4 Å². The van der Waals surface area contributed by atoms with Crippen molar-refractivity contribution in [3.63, 3.8) is 0 Å². The molecular formula is C15H16N2O4. The van der Waals surface area contributed by atoms with Crippen LogP contribution in [-0.4, -0.2) is 20.8 Å². The molecule has 2 N–H and O–H groups in total. The van der Waals surface area contributed by atoms with Crippen LogP contribution in [0, 0.1) is 6.92 Å². The first-order chi connectivity index (χ1) is 10.0. The van der Waals surface area contributed by atoms with Crippen LogP contribution in [0.3, 0.4) is 0 Å². The highest BCUT2D eigenvalue weighted by molar-refractivity contribution is 6.01. The van der Waals surface area contributed by atoms with E-state index in [0.29, 0.717) is 11.3 Å². The van der Waals surface area contributed by atoms with Crippen molar-refractivity contribution >= 4 is 5.71 Å². The van der Waals surface area contributed by atoms with E-state index in [2.05, 4.69) is 5.16 Å². The zero-order valence-corrected chi connectivity index (χ0v) is 11.8. The van der Waals surface area contributed by atoms with E-state index in [1.807, 2.05) is 30.3 Å². The predicted octanol–water partition coefficient (Wildman–Crippen LogP) is 2.04. The largest absolute Gasteiger partial charge is 0.492 e. The Hall–Kier alpha value is -2.76. The van der Waals surface area contributed by atoms with Crippen LogP contribution in [0.25, 0.3) is 0 Å². The van der Waals surface area contributed by atoms with Gasteiger partial charge in [0, 0.05) is 6.07 Å². The van der Waals surface area contributed by atoms with Crippen molar-refractivity contribution in [3.05, 3.63) is 63.4 Å². The van der Waals surface area contributed by atoms with Crippen LogP contribution in [0.4, 0.5) is 0 Å². The van der Waals surface area contributed by atoms with Gasteiger partial charge >= 0.3 is 0 Å². The van der Waals surface area contributed by atoms with E-state index in [1.54, 1.807) is 13.8 Å². The average Bonchev–Trinajstić information content (AvgIpc) is 2.46. The van der Waals surface area contributed by atoms with Gasteiger partial charge in [-0.05, 0) is 25.0 Å². The third-order valence-corrected chi connectivity index (χ3v) is 3.00. The quantitative estimate of drug-likeness (QED) is 0.512. The lowest BCUT2D eigenvalue weighted by Gasteiger charge is -2.09. The molecule has 21 heavy (non-hydrogen) atoms. The predicted molar refractivity (Wildman–Crippen MR) is 77.7 cm³/mol. The standard InChI is InChI=1S/C15H16N2O4/c1-10-8-13(18)17(20)15(19)14(10)11(2)16-21-9-12-6-4-3-5-7-12/h3-8,19-20H,9H2,1-2H3. The molecule has 0 aliphatic carbocycles. The number of pyridine rings is 1. The maximum atomic E-state index is 11.3. The fourth-order valence-electron chi connectivity index (χ4n) is 1.98. The number of aryl methyl sites for hydroxylation is 1. The van der Waals surface area contributed by atoms with Gasteiger partial charge in [0.25, 0.3) is 5.56 Å². The highest BCUT2D eigenvalue weighted by Crippen LogP contribution is 2.19. The molecule has 2 rings (SSSR count). The van der Waals surface area contributed by atoms with Gasteiger partial charge in [0.2, 0.25) is 5.88 Å². The van der Waals surface area contributed by atoms with E-state index in [0.717, 1.165) is 5.56 Å². The van der Waals surface area contributed by atoms with Crippen LogP contribution in [0.2, 0.25) is 0 Å². The lowest BCUT2D eigenvalue weighted by atomic mass is 10.1. The summed E-state index contributed by atoms with van der Waals surface area (Å²) in [5.41, 5.74) is 1.40. The van der Waals surface area contributed by atoms with Crippen molar-refractivity contribution in [1.82, 2.24) is 4.73 Å². The SMILES string of the molecule is CC(=NOCc1ccccc1)c1c(C)cc(=O)n(O)c1O. The van der Waals surface area contributed by atoms with E-state index in [1.165, 1.54) is 6.07 Å². The van der Waals surface area contributed by atoms with E-state index in [9.17, 15) is 15.1 Å². The number of hydrogen-bond acceptors (Lipinski definition) is 5. The van der Waals surface area contributed by atoms with Crippen LogP contribution >= 0.6 is 0 Å². The second-order valence-electron chi connectivity index (χ2n) is 4.61. The van der Waals surface area contributed by atoms with Gasteiger partial charge in [0.1, 0.15) is 6.61 Å². The molecule has 0 spiro atoms. The average molecular weight is 288 g/mol. The van der Waals surface area contributed by atoms with E-state index in [4.69, 9.17) is 4.84 Å². The van der Waals surface area contributed by atoms with Crippen molar-refractivity contribution < 1.29 is 15.2 Å². The zero-order chi connectivity index (χ0) is 15.4. The van der Waals surface area contributed by atoms with Gasteiger partial charge in [-0.1, -0.05) is 35.5 Å². The topological polar surface area (TPSA) is 84.0 Å². The van der Waals surface area contributed by atoms with Gasteiger partial charge < -0.3 is 15.2 Å². The molecule has 0 aliphatic rings. The highest BCUT2D eigenvalue weighted by atomic mass is 16.6. The number of aromatic hydroxyl groups is 1. The number of benzene rings is 1. The third kappa shape index (κ3) is 3.22. The summed E-state index contributed by atoms with van der Waals surface area (Å²) in [6.07, 6.45) is 0. The number of nitrogens with zero attached hydrogens (tertiary/aromatic N) is 2. The van der Waals surface area contributed by atoms with E-state index in [-0.39, 0.29) is 16.9 Å². The fourth-order valence-corrected chi connectivity index (χ4v) is 1.98. The van der Waals surface area contributed by atoms with Gasteiger partial charge in [0.15, 0.2) is 0 Å². The highest BCUT2D eigenvalue weighted by Gasteiger charge is 2.15. The van der Waals surface area contributed by atoms with Gasteiger partial charge in [-0.25, -0.2) is 0 Å². The van der Waals surface area contributed by atoms with Gasteiger partial charge in [-0.15, -0.1) is 4.73 Å². The van der Waals surface area contributed by atoms with Crippen molar-refractivity contribution in [3.8, 4) is 5.88 Å². The van der Waals surface area contributed by atoms with E-state index >= 15 is 0 Å². The summed E-state index contributed by atoms with van der Waals surface area (Å²) in [6, 6.07) is 10.7. The lowest BCUT2D eigenvalue weighted by Crippen LogP contribution is -2.20. The Morgan fingerprint density at radius 3 is 2.67 bits per heavy atom. The smallest absolute Gasteiger partial charge is 0.286 e. The third-order valence-electron chi connectivity index (χ3n) is 3.00. The molecule has 1 aromatic heterocycles. The first-order valence-corrected chi connectivity index (χ1v) is 6.36. The number of rotatable bonds is 4. The monoisotopic (exact) mass is 288 g/mol. The van der Waals surface area contributed by atoms with Crippen molar-refractivity contribution in [1.29, 1.82) is 0 Å². The minimum atomic E-state index is -0.702. The summed E-state index contributed by atoms with van der Waals surface area (Å²) in [4.78, 5) is 16.5. The zero-order valence-electron chi connectivity index (χ0n) is 11.8. The summed E-state index contributed by atoms with van der Waals surface area (Å²) in [5.74, 6) is -0.551. The van der Waals surface area contributed by atoms with Crippen LogP contribution in [0.15, 0.2) is 46.3 Å². The minimum Gasteiger partial charge on any atom is -0.492 e. The maximum absolute atomic E-state index is 11.3. The molecule has 0 aliphatic heterocycles. The molecule has 0 saturated heterocycles. The van der Waals surface area contributed by atoms with Gasteiger partial charge in [0.05, 0.1) is 11.3 Å². The first kappa shape index (κ1) is 14.6. The summed E-state index contributed by atoms with van der Waals surface area (Å²) in [5, 5.41) is 23.2. The Morgan fingerprint density at radius 2 is 2.00 bits per heavy atom. The number of hydrogen-bond donors (Lipinski definition) is 2. The van der Waals surface area contributed by atoms with Crippen LogP contribution in [0.1, 0.15) is 23.6 Å². The summed E-state index contributed by atoms with van der Waals surface area (Å²) in [6.45, 7) is 3.56. The molecule has 0 bridgehead atoms. The molecule has 2 aromatic rings.